The second kappa shape index (κ2) is 9.36. The summed E-state index contributed by atoms with van der Waals surface area (Å²) in [5.74, 6) is 0.301. The molecule has 2 N–H and O–H groups in total. The number of carbonyl (C=O) groups excluding carboxylic acids is 2. The maximum atomic E-state index is 12.0. The van der Waals surface area contributed by atoms with Crippen molar-refractivity contribution in [2.24, 2.45) is 0 Å². The van der Waals surface area contributed by atoms with Crippen LogP contribution < -0.4 is 15.4 Å². The van der Waals surface area contributed by atoms with E-state index in [0.29, 0.717) is 25.1 Å². The number of nitrogens with one attached hydrogen (secondary N) is 2. The minimum atomic E-state index is -0.278. The highest BCUT2D eigenvalue weighted by molar-refractivity contribution is 5.94. The molecule has 1 aromatic heterocycles. The molecule has 0 unspecified atom stereocenters. The van der Waals surface area contributed by atoms with Crippen molar-refractivity contribution in [3.8, 4) is 5.75 Å². The summed E-state index contributed by atoms with van der Waals surface area (Å²) in [7, 11) is 0. The van der Waals surface area contributed by atoms with Gasteiger partial charge in [0.05, 0.1) is 12.3 Å². The van der Waals surface area contributed by atoms with Gasteiger partial charge in [0.25, 0.3) is 11.8 Å². The van der Waals surface area contributed by atoms with Crippen LogP contribution in [0.5, 0.6) is 5.75 Å². The van der Waals surface area contributed by atoms with Crippen LogP contribution in [0.1, 0.15) is 41.1 Å². The van der Waals surface area contributed by atoms with Gasteiger partial charge in [-0.3, -0.25) is 14.6 Å². The lowest BCUT2D eigenvalue weighted by Gasteiger charge is -2.10. The Morgan fingerprint density at radius 1 is 1.04 bits per heavy atom. The maximum absolute atomic E-state index is 12.0. The van der Waals surface area contributed by atoms with Crippen LogP contribution in [0.4, 0.5) is 0 Å². The highest BCUT2D eigenvalue weighted by atomic mass is 16.5. The SMILES string of the molecule is CC(C)Oc1ccc(C(=O)NCCCNC(=O)c2cnccn2)cc1. The summed E-state index contributed by atoms with van der Waals surface area (Å²) in [6, 6.07) is 7.00. The summed E-state index contributed by atoms with van der Waals surface area (Å²) in [6.45, 7) is 4.80. The van der Waals surface area contributed by atoms with Gasteiger partial charge in [-0.1, -0.05) is 0 Å². The fourth-order valence-corrected chi connectivity index (χ4v) is 2.06. The Labute approximate surface area is 146 Å². The average molecular weight is 342 g/mol. The van der Waals surface area contributed by atoms with E-state index in [4.69, 9.17) is 4.74 Å². The first-order chi connectivity index (χ1) is 12.1. The Bertz CT molecular complexity index is 687. The minimum Gasteiger partial charge on any atom is -0.491 e. The number of benzene rings is 1. The Balaban J connectivity index is 1.67. The monoisotopic (exact) mass is 342 g/mol. The van der Waals surface area contributed by atoms with Gasteiger partial charge in [0.1, 0.15) is 11.4 Å². The fourth-order valence-electron chi connectivity index (χ4n) is 2.06. The van der Waals surface area contributed by atoms with Crippen LogP contribution in [0, 0.1) is 0 Å². The second-order valence-electron chi connectivity index (χ2n) is 5.65. The predicted octanol–water partition coefficient (Wildman–Crippen LogP) is 1.81. The first-order valence-electron chi connectivity index (χ1n) is 8.15. The zero-order chi connectivity index (χ0) is 18.1. The summed E-state index contributed by atoms with van der Waals surface area (Å²) < 4.78 is 5.54. The van der Waals surface area contributed by atoms with Gasteiger partial charge in [-0.25, -0.2) is 4.98 Å². The van der Waals surface area contributed by atoms with Crippen LogP contribution in [0.2, 0.25) is 0 Å². The zero-order valence-corrected chi connectivity index (χ0v) is 14.4. The van der Waals surface area contributed by atoms with Gasteiger partial charge in [-0.05, 0) is 44.5 Å². The van der Waals surface area contributed by atoms with E-state index < -0.39 is 0 Å². The molecule has 2 aromatic rings. The van der Waals surface area contributed by atoms with E-state index in [1.165, 1.54) is 18.6 Å². The first kappa shape index (κ1) is 18.4. The van der Waals surface area contributed by atoms with Crippen molar-refractivity contribution in [1.82, 2.24) is 20.6 Å². The molecule has 0 radical (unpaired) electrons. The summed E-state index contributed by atoms with van der Waals surface area (Å²) in [5, 5.41) is 5.54. The van der Waals surface area contributed by atoms with Crippen LogP contribution in [-0.4, -0.2) is 41.0 Å². The lowest BCUT2D eigenvalue weighted by Crippen LogP contribution is -2.30. The van der Waals surface area contributed by atoms with Crippen LogP contribution >= 0.6 is 0 Å². The number of carbonyl (C=O) groups is 2. The molecule has 0 saturated heterocycles. The average Bonchev–Trinajstić information content (AvgIpc) is 2.62. The molecule has 0 bridgehead atoms. The molecule has 2 rings (SSSR count). The Morgan fingerprint density at radius 3 is 2.32 bits per heavy atom. The van der Waals surface area contributed by atoms with E-state index in [0.717, 1.165) is 5.75 Å². The number of hydrogen-bond acceptors (Lipinski definition) is 5. The number of nitrogens with zero attached hydrogens (tertiary/aromatic N) is 2. The van der Waals surface area contributed by atoms with Crippen LogP contribution in [0.25, 0.3) is 0 Å². The number of aromatic nitrogens is 2. The number of rotatable bonds is 8. The largest absolute Gasteiger partial charge is 0.491 e. The molecule has 132 valence electrons. The molecule has 1 aromatic carbocycles. The Morgan fingerprint density at radius 2 is 1.72 bits per heavy atom. The molecule has 0 spiro atoms. The van der Waals surface area contributed by atoms with E-state index in [1.807, 2.05) is 13.8 Å². The zero-order valence-electron chi connectivity index (χ0n) is 14.4. The third-order valence-electron chi connectivity index (χ3n) is 3.21. The summed E-state index contributed by atoms with van der Waals surface area (Å²) in [6.07, 6.45) is 5.09. The smallest absolute Gasteiger partial charge is 0.271 e. The van der Waals surface area contributed by atoms with Gasteiger partial charge >= 0.3 is 0 Å². The lowest BCUT2D eigenvalue weighted by atomic mass is 10.2. The summed E-state index contributed by atoms with van der Waals surface area (Å²) in [5.41, 5.74) is 0.843. The normalized spacial score (nSPS) is 10.4. The van der Waals surface area contributed by atoms with Crippen molar-refractivity contribution in [3.05, 3.63) is 54.1 Å². The molecule has 0 aliphatic rings. The highest BCUT2D eigenvalue weighted by Crippen LogP contribution is 2.13. The van der Waals surface area contributed by atoms with Gasteiger partial charge in [-0.2, -0.15) is 0 Å². The Kier molecular flexibility index (Phi) is 6.88. The van der Waals surface area contributed by atoms with Crippen LogP contribution in [0.3, 0.4) is 0 Å². The van der Waals surface area contributed by atoms with E-state index in [9.17, 15) is 9.59 Å². The number of amides is 2. The van der Waals surface area contributed by atoms with Crippen molar-refractivity contribution in [2.75, 3.05) is 13.1 Å². The summed E-state index contributed by atoms with van der Waals surface area (Å²) in [4.78, 5) is 31.6. The molecule has 0 atom stereocenters. The quantitative estimate of drug-likeness (QED) is 0.714. The van der Waals surface area contributed by atoms with E-state index in [-0.39, 0.29) is 23.6 Å². The fraction of sp³-hybridized carbons (Fsp3) is 0.333. The Hall–Kier alpha value is -2.96. The van der Waals surface area contributed by atoms with Gasteiger partial charge in [0.15, 0.2) is 0 Å². The van der Waals surface area contributed by atoms with Crippen molar-refractivity contribution in [1.29, 1.82) is 0 Å². The summed E-state index contributed by atoms with van der Waals surface area (Å²) >= 11 is 0. The topological polar surface area (TPSA) is 93.2 Å². The predicted molar refractivity (Wildman–Crippen MR) is 93.5 cm³/mol. The van der Waals surface area contributed by atoms with Crippen molar-refractivity contribution in [2.45, 2.75) is 26.4 Å². The highest BCUT2D eigenvalue weighted by Gasteiger charge is 2.07. The van der Waals surface area contributed by atoms with E-state index in [2.05, 4.69) is 20.6 Å². The first-order valence-corrected chi connectivity index (χ1v) is 8.15. The minimum absolute atomic E-state index is 0.0942. The van der Waals surface area contributed by atoms with Crippen LogP contribution in [0.15, 0.2) is 42.9 Å². The standard InChI is InChI=1S/C18H22N4O3/c1-13(2)25-15-6-4-14(5-7-15)17(23)21-8-3-9-22-18(24)16-12-19-10-11-20-16/h4-7,10-13H,3,8-9H2,1-2H3,(H,21,23)(H,22,24). The van der Waals surface area contributed by atoms with E-state index >= 15 is 0 Å². The number of hydrogen-bond donors (Lipinski definition) is 2. The molecule has 0 aliphatic carbocycles. The lowest BCUT2D eigenvalue weighted by molar-refractivity contribution is 0.0947. The molecule has 0 saturated carbocycles. The molecule has 7 heteroatoms. The molecular weight excluding hydrogens is 320 g/mol. The van der Waals surface area contributed by atoms with Gasteiger partial charge < -0.3 is 15.4 Å². The van der Waals surface area contributed by atoms with Crippen molar-refractivity contribution >= 4 is 11.8 Å². The van der Waals surface area contributed by atoms with Gasteiger partial charge in [0, 0.05) is 31.0 Å². The molecule has 0 fully saturated rings. The van der Waals surface area contributed by atoms with E-state index in [1.54, 1.807) is 24.3 Å². The third-order valence-corrected chi connectivity index (χ3v) is 3.21. The van der Waals surface area contributed by atoms with Gasteiger partial charge in [0.2, 0.25) is 0 Å². The molecule has 25 heavy (non-hydrogen) atoms. The van der Waals surface area contributed by atoms with Gasteiger partial charge in [-0.15, -0.1) is 0 Å². The molecular formula is C18H22N4O3. The molecule has 0 aliphatic heterocycles. The van der Waals surface area contributed by atoms with Crippen molar-refractivity contribution < 1.29 is 14.3 Å². The van der Waals surface area contributed by atoms with Crippen molar-refractivity contribution in [3.63, 3.8) is 0 Å². The second-order valence-corrected chi connectivity index (χ2v) is 5.65. The third kappa shape index (κ3) is 6.21. The van der Waals surface area contributed by atoms with Crippen LogP contribution in [-0.2, 0) is 0 Å². The molecule has 7 nitrogen and oxygen atoms in total. The molecule has 2 amide bonds. The number of ether oxygens (including phenoxy) is 1. The molecule has 1 heterocycles. The maximum Gasteiger partial charge on any atom is 0.271 e.